The fourth-order valence-corrected chi connectivity index (χ4v) is 2.92. The summed E-state index contributed by atoms with van der Waals surface area (Å²) in [4.78, 5) is 4.77. The molecule has 3 nitrogen and oxygen atoms in total. The standard InChI is InChI=1S/C17H13F2N3S/c1-20-17-22(21-10-12-5-4-6-13(18)9-12)16(11-23-17)14-7-2-3-8-15(14)19/h2-11H,1H3. The van der Waals surface area contributed by atoms with Crippen molar-refractivity contribution >= 4 is 17.6 Å². The Morgan fingerprint density at radius 3 is 2.65 bits per heavy atom. The molecule has 23 heavy (non-hydrogen) atoms. The molecular weight excluding hydrogens is 316 g/mol. The summed E-state index contributed by atoms with van der Waals surface area (Å²) in [6.45, 7) is 0. The van der Waals surface area contributed by atoms with Crippen LogP contribution in [0.25, 0.3) is 11.3 Å². The maximum absolute atomic E-state index is 14.0. The highest BCUT2D eigenvalue weighted by Crippen LogP contribution is 2.23. The van der Waals surface area contributed by atoms with Crippen molar-refractivity contribution in [3.05, 3.63) is 75.9 Å². The molecule has 0 saturated carbocycles. The first-order valence-corrected chi connectivity index (χ1v) is 7.75. The molecule has 0 atom stereocenters. The average molecular weight is 329 g/mol. The van der Waals surface area contributed by atoms with Crippen LogP contribution in [0.1, 0.15) is 5.56 Å². The van der Waals surface area contributed by atoms with E-state index in [2.05, 4.69) is 10.1 Å². The van der Waals surface area contributed by atoms with E-state index in [0.29, 0.717) is 21.6 Å². The Balaban J connectivity index is 2.09. The van der Waals surface area contributed by atoms with E-state index in [1.54, 1.807) is 47.4 Å². The molecular formula is C17H13F2N3S. The molecule has 0 aliphatic heterocycles. The van der Waals surface area contributed by atoms with Crippen LogP contribution in [0.4, 0.5) is 8.78 Å². The van der Waals surface area contributed by atoms with Gasteiger partial charge in [0.05, 0.1) is 11.9 Å². The Kier molecular flexibility index (Phi) is 4.43. The van der Waals surface area contributed by atoms with Crippen molar-refractivity contribution in [3.8, 4) is 11.3 Å². The molecule has 0 aliphatic rings. The Hall–Kier alpha value is -2.60. The lowest BCUT2D eigenvalue weighted by Gasteiger charge is -2.04. The number of hydrogen-bond acceptors (Lipinski definition) is 3. The first-order chi connectivity index (χ1) is 11.2. The van der Waals surface area contributed by atoms with E-state index < -0.39 is 0 Å². The lowest BCUT2D eigenvalue weighted by Crippen LogP contribution is -2.11. The van der Waals surface area contributed by atoms with Gasteiger partial charge < -0.3 is 0 Å². The Labute approximate surface area is 135 Å². The molecule has 2 aromatic carbocycles. The number of thiazole rings is 1. The van der Waals surface area contributed by atoms with Crippen LogP contribution < -0.4 is 4.80 Å². The van der Waals surface area contributed by atoms with Crippen molar-refractivity contribution in [1.82, 2.24) is 4.68 Å². The Bertz CT molecular complexity index is 925. The lowest BCUT2D eigenvalue weighted by atomic mass is 10.1. The molecule has 0 unspecified atom stereocenters. The number of hydrogen-bond donors (Lipinski definition) is 0. The summed E-state index contributed by atoms with van der Waals surface area (Å²) < 4.78 is 28.8. The Morgan fingerprint density at radius 1 is 1.09 bits per heavy atom. The molecule has 0 bridgehead atoms. The summed E-state index contributed by atoms with van der Waals surface area (Å²) in [6, 6.07) is 12.6. The predicted octanol–water partition coefficient (Wildman–Crippen LogP) is 3.91. The van der Waals surface area contributed by atoms with Crippen LogP contribution in [0.3, 0.4) is 0 Å². The molecule has 1 heterocycles. The number of halogens is 2. The van der Waals surface area contributed by atoms with Gasteiger partial charge in [-0.1, -0.05) is 24.3 Å². The van der Waals surface area contributed by atoms with Gasteiger partial charge in [-0.25, -0.2) is 13.5 Å². The zero-order valence-electron chi connectivity index (χ0n) is 12.3. The van der Waals surface area contributed by atoms with E-state index in [9.17, 15) is 8.78 Å². The zero-order valence-corrected chi connectivity index (χ0v) is 13.1. The fraction of sp³-hybridized carbons (Fsp3) is 0.0588. The van der Waals surface area contributed by atoms with E-state index in [0.717, 1.165) is 0 Å². The summed E-state index contributed by atoms with van der Waals surface area (Å²) in [6.07, 6.45) is 1.52. The van der Waals surface area contributed by atoms with Crippen LogP contribution in [-0.2, 0) is 0 Å². The van der Waals surface area contributed by atoms with Crippen molar-refractivity contribution in [1.29, 1.82) is 0 Å². The van der Waals surface area contributed by atoms with Crippen LogP contribution in [-0.4, -0.2) is 17.9 Å². The molecule has 0 amide bonds. The van der Waals surface area contributed by atoms with Crippen molar-refractivity contribution in [2.45, 2.75) is 0 Å². The second-order valence-electron chi connectivity index (χ2n) is 4.72. The van der Waals surface area contributed by atoms with Gasteiger partial charge in [0.25, 0.3) is 0 Å². The minimum Gasteiger partial charge on any atom is -0.261 e. The third kappa shape index (κ3) is 3.27. The first kappa shape index (κ1) is 15.3. The van der Waals surface area contributed by atoms with Gasteiger partial charge in [0.15, 0.2) is 0 Å². The van der Waals surface area contributed by atoms with Gasteiger partial charge in [0, 0.05) is 18.0 Å². The highest BCUT2D eigenvalue weighted by Gasteiger charge is 2.10. The van der Waals surface area contributed by atoms with Gasteiger partial charge >= 0.3 is 0 Å². The minimum atomic E-state index is -0.334. The molecule has 116 valence electrons. The van der Waals surface area contributed by atoms with Gasteiger partial charge in [0.1, 0.15) is 11.6 Å². The average Bonchev–Trinajstić information content (AvgIpc) is 2.96. The second kappa shape index (κ2) is 6.66. The normalized spacial score (nSPS) is 12.2. The zero-order chi connectivity index (χ0) is 16.2. The molecule has 0 saturated heterocycles. The SMILES string of the molecule is CN=c1scc(-c2ccccc2F)n1N=Cc1cccc(F)c1. The molecule has 0 fully saturated rings. The molecule has 0 aliphatic carbocycles. The molecule has 0 radical (unpaired) electrons. The number of nitrogens with zero attached hydrogens (tertiary/aromatic N) is 3. The second-order valence-corrected chi connectivity index (χ2v) is 5.55. The lowest BCUT2D eigenvalue weighted by molar-refractivity contribution is 0.627. The van der Waals surface area contributed by atoms with Crippen molar-refractivity contribution in [3.63, 3.8) is 0 Å². The highest BCUT2D eigenvalue weighted by molar-refractivity contribution is 7.07. The van der Waals surface area contributed by atoms with E-state index >= 15 is 0 Å². The van der Waals surface area contributed by atoms with Gasteiger partial charge in [-0.3, -0.25) is 4.99 Å². The van der Waals surface area contributed by atoms with Crippen molar-refractivity contribution in [2.24, 2.45) is 10.1 Å². The van der Waals surface area contributed by atoms with Crippen LogP contribution in [0.5, 0.6) is 0 Å². The predicted molar refractivity (Wildman–Crippen MR) is 88.6 cm³/mol. The van der Waals surface area contributed by atoms with Gasteiger partial charge in [0.2, 0.25) is 4.80 Å². The van der Waals surface area contributed by atoms with E-state index in [-0.39, 0.29) is 11.6 Å². The third-order valence-corrected chi connectivity index (χ3v) is 4.10. The molecule has 6 heteroatoms. The van der Waals surface area contributed by atoms with Crippen LogP contribution in [0.15, 0.2) is 64.0 Å². The third-order valence-electron chi connectivity index (χ3n) is 3.20. The Morgan fingerprint density at radius 2 is 1.91 bits per heavy atom. The summed E-state index contributed by atoms with van der Waals surface area (Å²) >= 11 is 1.36. The molecule has 0 N–H and O–H groups in total. The van der Waals surface area contributed by atoms with E-state index in [1.165, 1.54) is 35.8 Å². The molecule has 0 spiro atoms. The molecule has 3 rings (SSSR count). The highest BCUT2D eigenvalue weighted by atomic mass is 32.1. The van der Waals surface area contributed by atoms with Crippen molar-refractivity contribution < 1.29 is 8.78 Å². The number of rotatable bonds is 3. The first-order valence-electron chi connectivity index (χ1n) is 6.87. The maximum atomic E-state index is 14.0. The van der Waals surface area contributed by atoms with Gasteiger partial charge in [-0.05, 0) is 29.8 Å². The van der Waals surface area contributed by atoms with Crippen LogP contribution in [0, 0.1) is 11.6 Å². The number of benzene rings is 2. The number of aromatic nitrogens is 1. The monoisotopic (exact) mass is 329 g/mol. The van der Waals surface area contributed by atoms with Crippen LogP contribution in [0.2, 0.25) is 0 Å². The largest absolute Gasteiger partial charge is 0.261 e. The summed E-state index contributed by atoms with van der Waals surface area (Å²) in [5, 5.41) is 6.14. The molecule has 3 aromatic rings. The maximum Gasteiger partial charge on any atom is 0.205 e. The topological polar surface area (TPSA) is 29.6 Å². The quantitative estimate of drug-likeness (QED) is 0.652. The van der Waals surface area contributed by atoms with Gasteiger partial charge in [-0.15, -0.1) is 11.3 Å². The summed E-state index contributed by atoms with van der Waals surface area (Å²) in [5.41, 5.74) is 1.65. The summed E-state index contributed by atoms with van der Waals surface area (Å²) in [5.74, 6) is -0.665. The van der Waals surface area contributed by atoms with E-state index in [1.807, 2.05) is 0 Å². The van der Waals surface area contributed by atoms with E-state index in [4.69, 9.17) is 0 Å². The minimum absolute atomic E-state index is 0.331. The fourth-order valence-electron chi connectivity index (χ4n) is 2.13. The van der Waals surface area contributed by atoms with Gasteiger partial charge in [-0.2, -0.15) is 5.10 Å². The molecule has 1 aromatic heterocycles. The van der Waals surface area contributed by atoms with Crippen LogP contribution >= 0.6 is 11.3 Å². The summed E-state index contributed by atoms with van der Waals surface area (Å²) in [7, 11) is 1.64. The smallest absolute Gasteiger partial charge is 0.205 e. The van der Waals surface area contributed by atoms with Crippen molar-refractivity contribution in [2.75, 3.05) is 7.05 Å².